The van der Waals surface area contributed by atoms with Crippen LogP contribution in [0.1, 0.15) is 70.6 Å². The molecule has 2 nitrogen and oxygen atoms in total. The first kappa shape index (κ1) is 20.1. The highest BCUT2D eigenvalue weighted by atomic mass is 79.9. The fourth-order valence-electron chi connectivity index (χ4n) is 2.26. The zero-order valence-electron chi connectivity index (χ0n) is 13.4. The predicted octanol–water partition coefficient (Wildman–Crippen LogP) is 5.85. The molecule has 0 aliphatic heterocycles. The molecule has 0 atom stereocenters. The van der Waals surface area contributed by atoms with Gasteiger partial charge in [-0.3, -0.25) is 0 Å². The third kappa shape index (κ3) is 14.5. The van der Waals surface area contributed by atoms with Gasteiger partial charge in [-0.15, -0.1) is 0 Å². The van der Waals surface area contributed by atoms with Gasteiger partial charge >= 0.3 is 0 Å². The third-order valence-corrected chi connectivity index (χ3v) is 3.99. The van der Waals surface area contributed by atoms with Crippen LogP contribution in [0.2, 0.25) is 0 Å². The van der Waals surface area contributed by atoms with Crippen LogP contribution in [0.5, 0.6) is 0 Å². The molecule has 0 saturated carbocycles. The minimum absolute atomic E-state index is 0.00685. The summed E-state index contributed by atoms with van der Waals surface area (Å²) in [7, 11) is 3.42. The minimum Gasteiger partial charge on any atom is -0.356 e. The molecule has 0 fully saturated rings. The third-order valence-electron chi connectivity index (χ3n) is 3.53. The fraction of sp³-hybridized carbons (Fsp3) is 0.882. The van der Waals surface area contributed by atoms with Gasteiger partial charge in [0.25, 0.3) is 0 Å². The van der Waals surface area contributed by atoms with Crippen molar-refractivity contribution in [3.05, 3.63) is 12.2 Å². The Morgan fingerprint density at radius 3 is 1.80 bits per heavy atom. The van der Waals surface area contributed by atoms with Gasteiger partial charge in [-0.1, -0.05) is 66.6 Å². The van der Waals surface area contributed by atoms with E-state index in [1.807, 2.05) is 0 Å². The topological polar surface area (TPSA) is 18.5 Å². The number of hydrogen-bond acceptors (Lipinski definition) is 2. The van der Waals surface area contributed by atoms with Crippen molar-refractivity contribution >= 4 is 15.9 Å². The zero-order chi connectivity index (χ0) is 14.9. The molecule has 20 heavy (non-hydrogen) atoms. The number of unbranched alkanes of at least 4 members (excludes halogenated alkanes) is 8. The van der Waals surface area contributed by atoms with Crippen molar-refractivity contribution in [3.63, 3.8) is 0 Å². The Hall–Kier alpha value is 0.140. The number of rotatable bonds is 15. The van der Waals surface area contributed by atoms with E-state index in [0.717, 1.165) is 18.2 Å². The lowest BCUT2D eigenvalue weighted by molar-refractivity contribution is -0.107. The molecule has 0 bridgehead atoms. The fourth-order valence-corrected chi connectivity index (χ4v) is 2.53. The van der Waals surface area contributed by atoms with Crippen molar-refractivity contribution in [3.8, 4) is 0 Å². The van der Waals surface area contributed by atoms with Crippen LogP contribution in [0.4, 0.5) is 0 Å². The smallest absolute Gasteiger partial charge is 0.156 e. The first-order valence-electron chi connectivity index (χ1n) is 8.11. The molecule has 0 spiro atoms. The molecule has 120 valence electrons. The summed E-state index contributed by atoms with van der Waals surface area (Å²) in [6.45, 7) is 0. The van der Waals surface area contributed by atoms with Crippen molar-refractivity contribution in [1.82, 2.24) is 0 Å². The summed E-state index contributed by atoms with van der Waals surface area (Å²) in [5.41, 5.74) is 0. The molecule has 0 aromatic rings. The van der Waals surface area contributed by atoms with Crippen LogP contribution >= 0.6 is 15.9 Å². The number of methoxy groups -OCH3 is 2. The number of allylic oxidation sites excluding steroid dienone is 2. The van der Waals surface area contributed by atoms with Crippen molar-refractivity contribution < 1.29 is 9.47 Å². The van der Waals surface area contributed by atoms with Crippen molar-refractivity contribution in [1.29, 1.82) is 0 Å². The molecule has 0 rings (SSSR count). The number of alkyl halides is 1. The standard InChI is InChI=1S/C17H33BrO2/c1-19-17(20-2)15-13-11-9-7-5-3-4-6-8-10-12-14-16-18/h10,12,17H,3-9,11,13-16H2,1-2H3/b12-10+. The molecule has 0 aliphatic rings. The second-order valence-electron chi connectivity index (χ2n) is 5.26. The van der Waals surface area contributed by atoms with Gasteiger partial charge < -0.3 is 9.47 Å². The van der Waals surface area contributed by atoms with Crippen LogP contribution in [-0.4, -0.2) is 25.8 Å². The summed E-state index contributed by atoms with van der Waals surface area (Å²) in [6, 6.07) is 0. The van der Waals surface area contributed by atoms with Crippen molar-refractivity contribution in [2.45, 2.75) is 76.9 Å². The Kier molecular flexibility index (Phi) is 17.3. The summed E-state index contributed by atoms with van der Waals surface area (Å²) in [5, 5.41) is 1.08. The maximum Gasteiger partial charge on any atom is 0.156 e. The number of halogens is 1. The lowest BCUT2D eigenvalue weighted by Gasteiger charge is -2.12. The quantitative estimate of drug-likeness (QED) is 0.160. The highest BCUT2D eigenvalue weighted by molar-refractivity contribution is 9.09. The predicted molar refractivity (Wildman–Crippen MR) is 91.5 cm³/mol. The van der Waals surface area contributed by atoms with Gasteiger partial charge in [0, 0.05) is 19.5 Å². The normalized spacial score (nSPS) is 11.8. The van der Waals surface area contributed by atoms with E-state index in [2.05, 4.69) is 28.1 Å². The Labute approximate surface area is 134 Å². The molecule has 0 aromatic carbocycles. The molecular weight excluding hydrogens is 316 g/mol. The van der Waals surface area contributed by atoms with E-state index < -0.39 is 0 Å². The van der Waals surface area contributed by atoms with Crippen LogP contribution < -0.4 is 0 Å². The average Bonchev–Trinajstić information content (AvgIpc) is 2.48. The summed E-state index contributed by atoms with van der Waals surface area (Å²) < 4.78 is 10.4. The average molecular weight is 349 g/mol. The van der Waals surface area contributed by atoms with Gasteiger partial charge in [0.15, 0.2) is 6.29 Å². The van der Waals surface area contributed by atoms with E-state index in [1.54, 1.807) is 14.2 Å². The second-order valence-corrected chi connectivity index (χ2v) is 6.05. The van der Waals surface area contributed by atoms with Crippen LogP contribution in [0, 0.1) is 0 Å². The largest absolute Gasteiger partial charge is 0.356 e. The molecule has 0 amide bonds. The Morgan fingerprint density at radius 2 is 1.25 bits per heavy atom. The van der Waals surface area contributed by atoms with Gasteiger partial charge in [0.05, 0.1) is 0 Å². The first-order valence-corrected chi connectivity index (χ1v) is 9.23. The highest BCUT2D eigenvalue weighted by Gasteiger charge is 2.03. The second kappa shape index (κ2) is 17.2. The maximum atomic E-state index is 5.18. The Balaban J connectivity index is 3.09. The van der Waals surface area contributed by atoms with Gasteiger partial charge in [-0.05, 0) is 32.1 Å². The summed E-state index contributed by atoms with van der Waals surface area (Å²) in [5.74, 6) is 0. The first-order chi connectivity index (χ1) is 9.85. The SMILES string of the molecule is COC(CCCCCCCCCC/C=C/CCBr)OC. The maximum absolute atomic E-state index is 5.18. The van der Waals surface area contributed by atoms with Crippen molar-refractivity contribution in [2.75, 3.05) is 19.5 Å². The van der Waals surface area contributed by atoms with Crippen molar-refractivity contribution in [2.24, 2.45) is 0 Å². The van der Waals surface area contributed by atoms with E-state index in [1.165, 1.54) is 57.8 Å². The number of hydrogen-bond donors (Lipinski definition) is 0. The van der Waals surface area contributed by atoms with Gasteiger partial charge in [0.1, 0.15) is 0 Å². The minimum atomic E-state index is -0.00685. The molecule has 0 unspecified atom stereocenters. The molecule has 0 aliphatic carbocycles. The highest BCUT2D eigenvalue weighted by Crippen LogP contribution is 2.12. The molecule has 0 N–H and O–H groups in total. The number of ether oxygens (including phenoxy) is 2. The lowest BCUT2D eigenvalue weighted by atomic mass is 10.1. The monoisotopic (exact) mass is 348 g/mol. The van der Waals surface area contributed by atoms with E-state index in [0.29, 0.717) is 0 Å². The van der Waals surface area contributed by atoms with Gasteiger partial charge in [-0.25, -0.2) is 0 Å². The molecule has 0 saturated heterocycles. The van der Waals surface area contributed by atoms with Gasteiger partial charge in [-0.2, -0.15) is 0 Å². The lowest BCUT2D eigenvalue weighted by Crippen LogP contribution is -2.12. The van der Waals surface area contributed by atoms with Crippen LogP contribution in [0.25, 0.3) is 0 Å². The molecule has 3 heteroatoms. The molecular formula is C17H33BrO2. The zero-order valence-corrected chi connectivity index (χ0v) is 15.0. The van der Waals surface area contributed by atoms with E-state index in [9.17, 15) is 0 Å². The Morgan fingerprint density at radius 1 is 0.750 bits per heavy atom. The van der Waals surface area contributed by atoms with E-state index in [-0.39, 0.29) is 6.29 Å². The van der Waals surface area contributed by atoms with Gasteiger partial charge in [0.2, 0.25) is 0 Å². The molecule has 0 heterocycles. The van der Waals surface area contributed by atoms with Crippen LogP contribution in [0.15, 0.2) is 12.2 Å². The van der Waals surface area contributed by atoms with E-state index in [4.69, 9.17) is 9.47 Å². The molecule has 0 radical (unpaired) electrons. The van der Waals surface area contributed by atoms with E-state index >= 15 is 0 Å². The van der Waals surface area contributed by atoms with Crippen LogP contribution in [0.3, 0.4) is 0 Å². The molecule has 0 aromatic heterocycles. The summed E-state index contributed by atoms with van der Waals surface area (Å²) >= 11 is 3.43. The summed E-state index contributed by atoms with van der Waals surface area (Å²) in [4.78, 5) is 0. The Bertz CT molecular complexity index is 203. The summed E-state index contributed by atoms with van der Waals surface area (Å²) in [6.07, 6.45) is 18.8. The van der Waals surface area contributed by atoms with Crippen LogP contribution in [-0.2, 0) is 9.47 Å².